The number of rotatable bonds is 7. The van der Waals surface area contributed by atoms with E-state index < -0.39 is 5.97 Å². The third-order valence-electron chi connectivity index (χ3n) is 2.42. The molecule has 0 radical (unpaired) electrons. The number of aromatic carboxylic acids is 1. The summed E-state index contributed by atoms with van der Waals surface area (Å²) < 4.78 is 5.41. The zero-order chi connectivity index (χ0) is 13.5. The van der Waals surface area contributed by atoms with E-state index in [2.05, 4.69) is 0 Å². The standard InChI is InChI=1S/C12H13Cl3O3/c13-5-8(6-14)10(15)7-18-11-4-2-1-3-9(11)12(16)17/h1-4,8,10H,5-7H2,(H,16,17). The fourth-order valence-electron chi connectivity index (χ4n) is 1.31. The fraction of sp³-hybridized carbons (Fsp3) is 0.417. The molecule has 1 unspecified atom stereocenters. The highest BCUT2D eigenvalue weighted by molar-refractivity contribution is 6.24. The molecular weight excluding hydrogens is 298 g/mol. The molecule has 0 aliphatic heterocycles. The Morgan fingerprint density at radius 1 is 1.28 bits per heavy atom. The zero-order valence-electron chi connectivity index (χ0n) is 9.48. The molecule has 0 aliphatic carbocycles. The molecule has 0 fully saturated rings. The van der Waals surface area contributed by atoms with Gasteiger partial charge in [-0.2, -0.15) is 0 Å². The molecule has 1 N–H and O–H groups in total. The lowest BCUT2D eigenvalue weighted by molar-refractivity contribution is 0.0692. The Morgan fingerprint density at radius 2 is 1.89 bits per heavy atom. The lowest BCUT2D eigenvalue weighted by Gasteiger charge is -2.18. The first-order chi connectivity index (χ1) is 8.60. The second kappa shape index (κ2) is 7.72. The molecule has 0 saturated heterocycles. The predicted molar refractivity (Wildman–Crippen MR) is 73.5 cm³/mol. The molecule has 0 amide bonds. The van der Waals surface area contributed by atoms with E-state index in [1.54, 1.807) is 18.2 Å². The highest BCUT2D eigenvalue weighted by Gasteiger charge is 2.19. The average molecular weight is 312 g/mol. The van der Waals surface area contributed by atoms with Crippen LogP contribution < -0.4 is 4.74 Å². The normalized spacial score (nSPS) is 12.4. The first-order valence-electron chi connectivity index (χ1n) is 5.31. The Hall–Kier alpha value is -0.640. The molecular formula is C12H13Cl3O3. The number of hydrogen-bond donors (Lipinski definition) is 1. The van der Waals surface area contributed by atoms with Crippen molar-refractivity contribution in [3.8, 4) is 5.75 Å². The lowest BCUT2D eigenvalue weighted by atomic mass is 10.1. The van der Waals surface area contributed by atoms with Crippen LogP contribution in [0.5, 0.6) is 5.75 Å². The Balaban J connectivity index is 2.66. The van der Waals surface area contributed by atoms with Crippen LogP contribution in [0.1, 0.15) is 10.4 Å². The number of para-hydroxylation sites is 1. The number of alkyl halides is 3. The minimum absolute atomic E-state index is 0.0769. The van der Waals surface area contributed by atoms with Crippen LogP contribution in [0.3, 0.4) is 0 Å². The van der Waals surface area contributed by atoms with Crippen LogP contribution in [0, 0.1) is 5.92 Å². The maximum Gasteiger partial charge on any atom is 0.339 e. The van der Waals surface area contributed by atoms with Gasteiger partial charge < -0.3 is 9.84 Å². The van der Waals surface area contributed by atoms with E-state index in [0.29, 0.717) is 17.5 Å². The van der Waals surface area contributed by atoms with E-state index >= 15 is 0 Å². The van der Waals surface area contributed by atoms with Gasteiger partial charge in [-0.3, -0.25) is 0 Å². The van der Waals surface area contributed by atoms with Crippen molar-refractivity contribution < 1.29 is 14.6 Å². The summed E-state index contributed by atoms with van der Waals surface area (Å²) in [6.07, 6.45) is 0. The van der Waals surface area contributed by atoms with Gasteiger partial charge in [0.2, 0.25) is 0 Å². The van der Waals surface area contributed by atoms with Crippen LogP contribution in [0.25, 0.3) is 0 Å². The van der Waals surface area contributed by atoms with Gasteiger partial charge in [0, 0.05) is 17.7 Å². The maximum atomic E-state index is 11.0. The molecule has 3 nitrogen and oxygen atoms in total. The summed E-state index contributed by atoms with van der Waals surface area (Å²) in [5, 5.41) is 8.62. The minimum Gasteiger partial charge on any atom is -0.491 e. The number of benzene rings is 1. The van der Waals surface area contributed by atoms with Crippen LogP contribution in [0.4, 0.5) is 0 Å². The maximum absolute atomic E-state index is 11.0. The number of carbonyl (C=O) groups is 1. The lowest BCUT2D eigenvalue weighted by Crippen LogP contribution is -2.25. The molecule has 0 heterocycles. The summed E-state index contributed by atoms with van der Waals surface area (Å²) in [7, 11) is 0. The van der Waals surface area contributed by atoms with E-state index in [0.717, 1.165) is 0 Å². The minimum atomic E-state index is -1.04. The van der Waals surface area contributed by atoms with Crippen LogP contribution in [-0.4, -0.2) is 34.8 Å². The van der Waals surface area contributed by atoms with Crippen molar-refractivity contribution in [2.45, 2.75) is 5.38 Å². The molecule has 1 rings (SSSR count). The van der Waals surface area contributed by atoms with Crippen LogP contribution >= 0.6 is 34.8 Å². The second-order valence-corrected chi connectivity index (χ2v) is 4.87. The Kier molecular flexibility index (Phi) is 6.61. The molecule has 6 heteroatoms. The number of halogens is 3. The zero-order valence-corrected chi connectivity index (χ0v) is 11.8. The first kappa shape index (κ1) is 15.4. The Labute approximate surface area is 121 Å². The molecule has 0 aromatic heterocycles. The van der Waals surface area contributed by atoms with Gasteiger partial charge in [0.25, 0.3) is 0 Å². The van der Waals surface area contributed by atoms with E-state index in [9.17, 15) is 4.79 Å². The number of carboxylic acid groups (broad SMARTS) is 1. The quantitative estimate of drug-likeness (QED) is 0.784. The summed E-state index contributed by atoms with van der Waals surface area (Å²) in [5.41, 5.74) is 0.106. The van der Waals surface area contributed by atoms with Crippen molar-refractivity contribution in [1.82, 2.24) is 0 Å². The summed E-state index contributed by atoms with van der Waals surface area (Å²) in [4.78, 5) is 11.0. The molecule has 0 saturated carbocycles. The fourth-order valence-corrected chi connectivity index (χ4v) is 2.49. The molecule has 100 valence electrons. The highest BCUT2D eigenvalue weighted by Crippen LogP contribution is 2.21. The van der Waals surface area contributed by atoms with E-state index in [-0.39, 0.29) is 23.5 Å². The summed E-state index contributed by atoms with van der Waals surface area (Å²) in [5.74, 6) is -0.156. The Morgan fingerprint density at radius 3 is 2.44 bits per heavy atom. The van der Waals surface area contributed by atoms with Gasteiger partial charge in [-0.05, 0) is 12.1 Å². The van der Waals surface area contributed by atoms with Crippen molar-refractivity contribution in [1.29, 1.82) is 0 Å². The van der Waals surface area contributed by atoms with Gasteiger partial charge in [0.1, 0.15) is 17.9 Å². The molecule has 0 bridgehead atoms. The third-order valence-corrected chi connectivity index (χ3v) is 3.70. The van der Waals surface area contributed by atoms with Gasteiger partial charge in [-0.1, -0.05) is 12.1 Å². The largest absolute Gasteiger partial charge is 0.491 e. The van der Waals surface area contributed by atoms with E-state index in [1.165, 1.54) is 6.07 Å². The van der Waals surface area contributed by atoms with Crippen LogP contribution in [-0.2, 0) is 0 Å². The van der Waals surface area contributed by atoms with Crippen molar-refractivity contribution in [3.05, 3.63) is 29.8 Å². The average Bonchev–Trinajstić information content (AvgIpc) is 2.38. The van der Waals surface area contributed by atoms with Gasteiger partial charge in [-0.15, -0.1) is 34.8 Å². The topological polar surface area (TPSA) is 46.5 Å². The number of carboxylic acids is 1. The van der Waals surface area contributed by atoms with Crippen LogP contribution in [0.2, 0.25) is 0 Å². The summed E-state index contributed by atoms with van der Waals surface area (Å²) in [6, 6.07) is 6.39. The van der Waals surface area contributed by atoms with Gasteiger partial charge in [0.05, 0.1) is 5.38 Å². The van der Waals surface area contributed by atoms with Gasteiger partial charge in [-0.25, -0.2) is 4.79 Å². The van der Waals surface area contributed by atoms with Crippen LogP contribution in [0.15, 0.2) is 24.3 Å². The molecule has 1 atom stereocenters. The monoisotopic (exact) mass is 310 g/mol. The predicted octanol–water partition coefficient (Wildman–Crippen LogP) is 3.46. The summed E-state index contributed by atoms with van der Waals surface area (Å²) in [6.45, 7) is 0.163. The first-order valence-corrected chi connectivity index (χ1v) is 6.81. The highest BCUT2D eigenvalue weighted by atomic mass is 35.5. The Bertz CT molecular complexity index is 394. The summed E-state index contributed by atoms with van der Waals surface area (Å²) >= 11 is 17.5. The molecule has 18 heavy (non-hydrogen) atoms. The van der Waals surface area contributed by atoms with E-state index in [1.807, 2.05) is 0 Å². The van der Waals surface area contributed by atoms with Crippen molar-refractivity contribution >= 4 is 40.8 Å². The van der Waals surface area contributed by atoms with Gasteiger partial charge >= 0.3 is 5.97 Å². The number of hydrogen-bond acceptors (Lipinski definition) is 2. The molecule has 0 spiro atoms. The van der Waals surface area contributed by atoms with Crippen molar-refractivity contribution in [2.75, 3.05) is 18.4 Å². The van der Waals surface area contributed by atoms with Crippen molar-refractivity contribution in [3.63, 3.8) is 0 Å². The number of ether oxygens (including phenoxy) is 1. The smallest absolute Gasteiger partial charge is 0.339 e. The van der Waals surface area contributed by atoms with E-state index in [4.69, 9.17) is 44.6 Å². The molecule has 1 aromatic carbocycles. The van der Waals surface area contributed by atoms with Crippen molar-refractivity contribution in [2.24, 2.45) is 5.92 Å². The van der Waals surface area contributed by atoms with Gasteiger partial charge in [0.15, 0.2) is 0 Å². The molecule has 1 aromatic rings. The SMILES string of the molecule is O=C(O)c1ccccc1OCC(Cl)C(CCl)CCl. The molecule has 0 aliphatic rings. The third kappa shape index (κ3) is 4.23. The second-order valence-electron chi connectivity index (χ2n) is 3.70.